The van der Waals surface area contributed by atoms with Crippen LogP contribution in [0.1, 0.15) is 12.5 Å². The highest BCUT2D eigenvalue weighted by Gasteiger charge is 2.19. The minimum atomic E-state index is -0.931. The van der Waals surface area contributed by atoms with E-state index in [1.165, 1.54) is 6.92 Å². The smallest absolute Gasteiger partial charge is 0.344 e. The first kappa shape index (κ1) is 18.7. The van der Waals surface area contributed by atoms with Crippen molar-refractivity contribution in [1.82, 2.24) is 10.7 Å². The maximum absolute atomic E-state index is 12.0. The van der Waals surface area contributed by atoms with Crippen molar-refractivity contribution < 1.29 is 14.4 Å². The number of benzene rings is 1. The SMILES string of the molecule is C[C@H](NC(=O)[C@@H](N)Cc1ccccc1)C(=O)C#CC(=O)NN=[N+]=[N-]. The van der Waals surface area contributed by atoms with E-state index in [9.17, 15) is 14.4 Å². The lowest BCUT2D eigenvalue weighted by molar-refractivity contribution is -0.126. The number of rotatable bonds is 6. The van der Waals surface area contributed by atoms with Crippen molar-refractivity contribution in [1.29, 1.82) is 0 Å². The Hall–Kier alpha value is -3.34. The summed E-state index contributed by atoms with van der Waals surface area (Å²) >= 11 is 0. The van der Waals surface area contributed by atoms with Crippen LogP contribution in [0.25, 0.3) is 10.4 Å². The predicted octanol–water partition coefficient (Wildman–Crippen LogP) is -0.0249. The van der Waals surface area contributed by atoms with Crippen LogP contribution >= 0.6 is 0 Å². The van der Waals surface area contributed by atoms with Gasteiger partial charge in [0.15, 0.2) is 0 Å². The van der Waals surface area contributed by atoms with E-state index in [1.807, 2.05) is 42.2 Å². The van der Waals surface area contributed by atoms with E-state index in [1.54, 1.807) is 5.43 Å². The van der Waals surface area contributed by atoms with E-state index in [-0.39, 0.29) is 0 Å². The number of nitrogens with two attached hydrogens (primary N) is 1. The van der Waals surface area contributed by atoms with E-state index in [0.29, 0.717) is 6.42 Å². The van der Waals surface area contributed by atoms with E-state index in [0.717, 1.165) is 5.56 Å². The van der Waals surface area contributed by atoms with Gasteiger partial charge in [0.05, 0.1) is 12.1 Å². The standard InChI is InChI=1S/C15H16N6O3/c1-10(13(22)7-8-14(23)19-21-20-17)18-15(24)12(16)9-11-5-3-2-4-6-11/h2-6,10,12H,9,16H2,1H3,(H,18,24)(H,19,23)/t10-,12-/m0/s1. The summed E-state index contributed by atoms with van der Waals surface area (Å²) in [5, 5.41) is 5.22. The number of ketones is 1. The molecule has 124 valence electrons. The van der Waals surface area contributed by atoms with Crippen LogP contribution < -0.4 is 16.5 Å². The number of carbonyl (C=O) groups is 3. The van der Waals surface area contributed by atoms with Crippen molar-refractivity contribution in [3.05, 3.63) is 46.3 Å². The molecule has 9 nitrogen and oxygen atoms in total. The molecule has 0 fully saturated rings. The lowest BCUT2D eigenvalue weighted by Gasteiger charge is -2.15. The Kier molecular flexibility index (Phi) is 7.51. The molecule has 0 heterocycles. The second kappa shape index (κ2) is 9.63. The Morgan fingerprint density at radius 2 is 1.96 bits per heavy atom. The van der Waals surface area contributed by atoms with Crippen LogP contribution in [0.4, 0.5) is 0 Å². The van der Waals surface area contributed by atoms with Gasteiger partial charge in [-0.1, -0.05) is 30.3 Å². The molecule has 24 heavy (non-hydrogen) atoms. The van der Waals surface area contributed by atoms with Crippen molar-refractivity contribution in [2.24, 2.45) is 11.0 Å². The van der Waals surface area contributed by atoms with Crippen molar-refractivity contribution in [3.8, 4) is 11.8 Å². The van der Waals surface area contributed by atoms with Gasteiger partial charge >= 0.3 is 5.91 Å². The first-order valence-corrected chi connectivity index (χ1v) is 6.94. The Labute approximate surface area is 138 Å². The monoisotopic (exact) mass is 328 g/mol. The van der Waals surface area contributed by atoms with Gasteiger partial charge in [0.2, 0.25) is 11.7 Å². The van der Waals surface area contributed by atoms with Gasteiger partial charge < -0.3 is 11.1 Å². The highest BCUT2D eigenvalue weighted by molar-refractivity contribution is 6.06. The summed E-state index contributed by atoms with van der Waals surface area (Å²) in [6.07, 6.45) is 0.327. The zero-order chi connectivity index (χ0) is 17.9. The minimum absolute atomic E-state index is 0.327. The average Bonchev–Trinajstić information content (AvgIpc) is 2.58. The predicted molar refractivity (Wildman–Crippen MR) is 85.8 cm³/mol. The van der Waals surface area contributed by atoms with Gasteiger partial charge in [-0.2, -0.15) is 10.3 Å². The molecular formula is C15H16N6O3. The van der Waals surface area contributed by atoms with Crippen LogP contribution in [-0.2, 0) is 20.8 Å². The third kappa shape index (κ3) is 6.62. The van der Waals surface area contributed by atoms with Gasteiger partial charge in [-0.3, -0.25) is 9.59 Å². The first-order chi connectivity index (χ1) is 11.4. The summed E-state index contributed by atoms with van der Waals surface area (Å²) in [6, 6.07) is 7.46. The molecule has 0 aliphatic heterocycles. The van der Waals surface area contributed by atoms with Crippen LogP contribution in [0.5, 0.6) is 0 Å². The zero-order valence-electron chi connectivity index (χ0n) is 12.9. The molecular weight excluding hydrogens is 312 g/mol. The van der Waals surface area contributed by atoms with Gasteiger partial charge in [0, 0.05) is 5.92 Å². The second-order valence-electron chi connectivity index (χ2n) is 4.77. The van der Waals surface area contributed by atoms with Gasteiger partial charge in [-0.25, -0.2) is 4.79 Å². The Morgan fingerprint density at radius 1 is 1.29 bits per heavy atom. The minimum Gasteiger partial charge on any atom is -0.344 e. The summed E-state index contributed by atoms with van der Waals surface area (Å²) in [6.45, 7) is 1.43. The van der Waals surface area contributed by atoms with Gasteiger partial charge in [-0.05, 0) is 30.1 Å². The Morgan fingerprint density at radius 3 is 2.58 bits per heavy atom. The molecule has 1 aromatic carbocycles. The number of amides is 2. The highest BCUT2D eigenvalue weighted by Crippen LogP contribution is 2.02. The maximum Gasteiger partial charge on any atom is 0.387 e. The van der Waals surface area contributed by atoms with Gasteiger partial charge in [0.25, 0.3) is 0 Å². The van der Waals surface area contributed by atoms with E-state index in [2.05, 4.69) is 15.5 Å². The maximum atomic E-state index is 12.0. The van der Waals surface area contributed by atoms with Gasteiger partial charge in [-0.15, -0.1) is 5.53 Å². The zero-order valence-corrected chi connectivity index (χ0v) is 12.9. The average molecular weight is 328 g/mol. The number of nitrogens with zero attached hydrogens (tertiary/aromatic N) is 3. The quantitative estimate of drug-likeness (QED) is 0.168. The molecule has 0 aliphatic rings. The molecule has 0 saturated heterocycles. The van der Waals surface area contributed by atoms with Crippen molar-refractivity contribution in [2.45, 2.75) is 25.4 Å². The van der Waals surface area contributed by atoms with Crippen molar-refractivity contribution in [3.63, 3.8) is 0 Å². The molecule has 9 heteroatoms. The lowest BCUT2D eigenvalue weighted by Crippen LogP contribution is -2.47. The highest BCUT2D eigenvalue weighted by atomic mass is 16.2. The molecule has 0 unspecified atom stereocenters. The molecule has 1 aromatic rings. The summed E-state index contributed by atoms with van der Waals surface area (Å²) in [5.74, 6) is 1.88. The second-order valence-corrected chi connectivity index (χ2v) is 4.77. The summed E-state index contributed by atoms with van der Waals surface area (Å²) < 4.78 is 0. The molecule has 1 rings (SSSR count). The fraction of sp³-hybridized carbons (Fsp3) is 0.267. The lowest BCUT2D eigenvalue weighted by atomic mass is 10.1. The summed E-state index contributed by atoms with van der Waals surface area (Å²) in [4.78, 5) is 37.0. The number of hydrogen-bond donors (Lipinski definition) is 3. The molecule has 4 N–H and O–H groups in total. The molecule has 2 atom stereocenters. The van der Waals surface area contributed by atoms with Crippen LogP contribution in [0.2, 0.25) is 0 Å². The topological polar surface area (TPSA) is 150 Å². The van der Waals surface area contributed by atoms with Crippen LogP contribution in [0.3, 0.4) is 0 Å². The molecule has 0 bridgehead atoms. The molecule has 0 spiro atoms. The first-order valence-electron chi connectivity index (χ1n) is 6.94. The molecule has 0 saturated carbocycles. The molecule has 0 aliphatic carbocycles. The third-order valence-corrected chi connectivity index (χ3v) is 2.88. The summed E-state index contributed by atoms with van der Waals surface area (Å²) in [7, 11) is 0. The number of hydrogen-bond acceptors (Lipinski definition) is 5. The fourth-order valence-corrected chi connectivity index (χ4v) is 1.67. The fourth-order valence-electron chi connectivity index (χ4n) is 1.67. The summed E-state index contributed by atoms with van der Waals surface area (Å²) in [5.41, 5.74) is 16.5. The van der Waals surface area contributed by atoms with E-state index in [4.69, 9.17) is 11.3 Å². The van der Waals surface area contributed by atoms with Crippen LogP contribution in [0.15, 0.2) is 35.6 Å². The third-order valence-electron chi connectivity index (χ3n) is 2.88. The Bertz CT molecular complexity index is 716. The van der Waals surface area contributed by atoms with Crippen LogP contribution in [-0.4, -0.2) is 29.7 Å². The number of carbonyl (C=O) groups excluding carboxylic acids is 3. The van der Waals surface area contributed by atoms with Gasteiger partial charge in [0.1, 0.15) is 0 Å². The molecule has 2 amide bonds. The number of Topliss-reactive ketones (excluding diaryl/α,β-unsaturated/α-hetero) is 1. The number of nitrogens with one attached hydrogen (secondary N) is 2. The molecule has 0 radical (unpaired) electrons. The van der Waals surface area contributed by atoms with E-state index < -0.39 is 29.7 Å². The van der Waals surface area contributed by atoms with Crippen molar-refractivity contribution >= 4 is 17.6 Å². The van der Waals surface area contributed by atoms with Crippen molar-refractivity contribution in [2.75, 3.05) is 0 Å². The normalized spacial score (nSPS) is 11.8. The Balaban J connectivity index is 2.53. The number of azide groups is 1. The largest absolute Gasteiger partial charge is 0.387 e. The molecule has 0 aromatic heterocycles. The van der Waals surface area contributed by atoms with E-state index >= 15 is 0 Å². The van der Waals surface area contributed by atoms with Crippen LogP contribution in [0, 0.1) is 11.8 Å².